The molecule has 1 heterocycles. The van der Waals surface area contributed by atoms with Crippen molar-refractivity contribution in [1.82, 2.24) is 0 Å². The molecule has 1 aliphatic heterocycles. The van der Waals surface area contributed by atoms with E-state index in [1.54, 1.807) is 0 Å². The van der Waals surface area contributed by atoms with E-state index in [1.165, 1.54) is 61.2 Å². The minimum absolute atomic E-state index is 0.566. The molecule has 0 radical (unpaired) electrons. The molecule has 6 rings (SSSR count). The van der Waals surface area contributed by atoms with Crippen molar-refractivity contribution in [2.45, 2.75) is 48.5 Å². The first-order valence-electron chi connectivity index (χ1n) is 16.9. The first kappa shape index (κ1) is 34.9. The van der Waals surface area contributed by atoms with Gasteiger partial charge in [0.2, 0.25) is 0 Å². The zero-order chi connectivity index (χ0) is 34.9. The predicted octanol–water partition coefficient (Wildman–Crippen LogP) is 10.8. The third kappa shape index (κ3) is 6.80. The molecule has 0 unspecified atom stereocenters. The van der Waals surface area contributed by atoms with Crippen molar-refractivity contribution in [2.24, 2.45) is 0 Å². The Hall–Kier alpha value is -3.94. The molecule has 0 amide bonds. The Kier molecular flexibility index (Phi) is 10.3. The van der Waals surface area contributed by atoms with Crippen LogP contribution in [-0.4, -0.2) is 18.9 Å². The molecule has 0 saturated carbocycles. The van der Waals surface area contributed by atoms with Gasteiger partial charge in [0, 0.05) is 29.8 Å². The van der Waals surface area contributed by atoms with E-state index in [0.29, 0.717) is 10.0 Å². The van der Waals surface area contributed by atoms with E-state index in [1.807, 2.05) is 12.1 Å². The van der Waals surface area contributed by atoms with Crippen LogP contribution in [0.4, 0.5) is 11.4 Å². The van der Waals surface area contributed by atoms with Crippen molar-refractivity contribution >= 4 is 63.2 Å². The summed E-state index contributed by atoms with van der Waals surface area (Å²) >= 11 is 13.8. The summed E-state index contributed by atoms with van der Waals surface area (Å²) in [5.74, 6) is 3.60. The minimum atomic E-state index is -2.38. The van der Waals surface area contributed by atoms with Gasteiger partial charge in [0.05, 0.1) is 10.0 Å². The molecule has 0 aliphatic carbocycles. The van der Waals surface area contributed by atoms with Gasteiger partial charge in [-0.2, -0.15) is 0 Å². The summed E-state index contributed by atoms with van der Waals surface area (Å²) < 4.78 is 0. The highest BCUT2D eigenvalue weighted by Gasteiger charge is 2.31. The highest BCUT2D eigenvalue weighted by molar-refractivity contribution is 7.94. The molecule has 1 saturated heterocycles. The second-order valence-electron chi connectivity index (χ2n) is 13.3. The van der Waals surface area contributed by atoms with E-state index >= 15 is 0 Å². The molecule has 1 fully saturated rings. The molecule has 0 N–H and O–H groups in total. The summed E-state index contributed by atoms with van der Waals surface area (Å²) in [6.07, 6.45) is 4.67. The molecule has 5 aromatic rings. The van der Waals surface area contributed by atoms with Crippen molar-refractivity contribution in [3.63, 3.8) is 0 Å². The van der Waals surface area contributed by atoms with Crippen LogP contribution in [0.15, 0.2) is 127 Å². The van der Waals surface area contributed by atoms with Crippen LogP contribution in [0.5, 0.6) is 0 Å². The van der Waals surface area contributed by atoms with Gasteiger partial charge in [-0.05, 0) is 106 Å². The first-order valence-corrected chi connectivity index (χ1v) is 19.5. The Morgan fingerprint density at radius 1 is 0.612 bits per heavy atom. The van der Waals surface area contributed by atoms with Gasteiger partial charge < -0.3 is 9.80 Å². The molecular weight excluding hydrogens is 658 g/mol. The monoisotopic (exact) mass is 702 g/mol. The van der Waals surface area contributed by atoms with E-state index in [2.05, 4.69) is 167 Å². The standard InChI is InChI=1S/C44H45Cl2N2P/c1-30(21-24-49(37-15-10-8-11-16-37,38-17-12-9-13-18-38)40-20-14-19-39(45)42(40)46)29-41-47(43-33(4)25-31(2)26-34(43)5)22-23-48(41)44-35(6)27-32(3)28-36(44)7/h8-21,24-29H,22-23H2,1-7H3. The Bertz CT molecular complexity index is 1970. The highest BCUT2D eigenvalue weighted by atomic mass is 35.5. The zero-order valence-corrected chi connectivity index (χ0v) is 32.0. The number of rotatable bonds is 7. The van der Waals surface area contributed by atoms with Crippen LogP contribution in [0, 0.1) is 41.5 Å². The van der Waals surface area contributed by atoms with E-state index in [-0.39, 0.29) is 0 Å². The van der Waals surface area contributed by atoms with Crippen LogP contribution < -0.4 is 25.7 Å². The number of aryl methyl sites for hydroxylation is 6. The average Bonchev–Trinajstić information content (AvgIpc) is 3.45. The number of benzene rings is 5. The zero-order valence-electron chi connectivity index (χ0n) is 29.6. The maximum Gasteiger partial charge on any atom is 0.113 e. The fourth-order valence-corrected chi connectivity index (χ4v) is 12.3. The van der Waals surface area contributed by atoms with Crippen LogP contribution in [-0.2, 0) is 0 Å². The van der Waals surface area contributed by atoms with Crippen molar-refractivity contribution in [3.8, 4) is 0 Å². The van der Waals surface area contributed by atoms with Crippen molar-refractivity contribution in [1.29, 1.82) is 0 Å². The molecule has 5 heteroatoms. The van der Waals surface area contributed by atoms with Crippen molar-refractivity contribution < 1.29 is 0 Å². The highest BCUT2D eigenvalue weighted by Crippen LogP contribution is 2.47. The van der Waals surface area contributed by atoms with Gasteiger partial charge in [-0.3, -0.25) is 0 Å². The fourth-order valence-electron chi connectivity index (χ4n) is 7.63. The van der Waals surface area contributed by atoms with E-state index < -0.39 is 6.89 Å². The van der Waals surface area contributed by atoms with Gasteiger partial charge in [-0.1, -0.05) is 143 Å². The Morgan fingerprint density at radius 2 is 1.06 bits per heavy atom. The Labute approximate surface area is 303 Å². The van der Waals surface area contributed by atoms with Crippen LogP contribution in [0.1, 0.15) is 40.3 Å². The average molecular weight is 704 g/mol. The fraction of sp³-hybridized carbons (Fsp3) is 0.205. The summed E-state index contributed by atoms with van der Waals surface area (Å²) in [7, 11) is 0. The molecule has 0 bridgehead atoms. The maximum atomic E-state index is 7.12. The first-order chi connectivity index (χ1) is 23.5. The smallest absolute Gasteiger partial charge is 0.113 e. The summed E-state index contributed by atoms with van der Waals surface area (Å²) in [5, 5.41) is 4.67. The predicted molar refractivity (Wildman–Crippen MR) is 219 cm³/mol. The van der Waals surface area contributed by atoms with Crippen LogP contribution >= 0.6 is 30.1 Å². The second kappa shape index (κ2) is 14.5. The lowest BCUT2D eigenvalue weighted by molar-refractivity contribution is 1.01. The molecule has 0 aromatic heterocycles. The maximum absolute atomic E-state index is 7.12. The summed E-state index contributed by atoms with van der Waals surface area (Å²) in [6.45, 7) is 15.0. The third-order valence-corrected chi connectivity index (χ3v) is 14.4. The topological polar surface area (TPSA) is 6.48 Å². The van der Waals surface area contributed by atoms with E-state index in [0.717, 1.165) is 24.0 Å². The third-order valence-electron chi connectivity index (χ3n) is 9.47. The van der Waals surface area contributed by atoms with E-state index in [9.17, 15) is 0 Å². The van der Waals surface area contributed by atoms with Crippen molar-refractivity contribution in [3.05, 3.63) is 170 Å². The van der Waals surface area contributed by atoms with Crippen LogP contribution in [0.3, 0.4) is 0 Å². The lowest BCUT2D eigenvalue weighted by Crippen LogP contribution is -2.27. The molecule has 250 valence electrons. The van der Waals surface area contributed by atoms with Gasteiger partial charge in [0.1, 0.15) is 5.82 Å². The number of nitrogens with zero attached hydrogens (tertiary/aromatic N) is 2. The lowest BCUT2D eigenvalue weighted by Gasteiger charge is -2.30. The molecular formula is C44H45Cl2N2P. The number of hydrogen-bond acceptors (Lipinski definition) is 2. The molecule has 0 spiro atoms. The number of allylic oxidation sites excluding steroid dienone is 3. The molecule has 2 nitrogen and oxygen atoms in total. The van der Waals surface area contributed by atoms with Crippen LogP contribution in [0.2, 0.25) is 10.0 Å². The number of halogens is 2. The summed E-state index contributed by atoms with van der Waals surface area (Å²) in [5.41, 5.74) is 11.5. The Morgan fingerprint density at radius 3 is 1.51 bits per heavy atom. The molecule has 49 heavy (non-hydrogen) atoms. The van der Waals surface area contributed by atoms with Gasteiger partial charge in [0.15, 0.2) is 0 Å². The summed E-state index contributed by atoms with van der Waals surface area (Å²) in [6, 6.07) is 36.7. The minimum Gasteiger partial charge on any atom is -0.325 e. The Balaban J connectivity index is 1.61. The van der Waals surface area contributed by atoms with Gasteiger partial charge in [-0.15, -0.1) is 0 Å². The molecule has 1 aliphatic rings. The van der Waals surface area contributed by atoms with Crippen LogP contribution in [0.25, 0.3) is 0 Å². The van der Waals surface area contributed by atoms with Gasteiger partial charge in [-0.25, -0.2) is 0 Å². The number of hydrogen-bond donors (Lipinski definition) is 0. The second-order valence-corrected chi connectivity index (χ2v) is 17.4. The quantitative estimate of drug-likeness (QED) is 0.156. The van der Waals surface area contributed by atoms with Crippen molar-refractivity contribution in [2.75, 3.05) is 22.9 Å². The lowest BCUT2D eigenvalue weighted by atomic mass is 10.0. The molecule has 0 atom stereocenters. The SMILES string of the molecule is CC(=CC=P(c1ccccc1)(c1ccccc1)c1cccc(Cl)c1Cl)C=C1N(c2c(C)cc(C)cc2C)CCN1c1c(C)cc(C)cc1C. The van der Waals surface area contributed by atoms with E-state index in [4.69, 9.17) is 23.2 Å². The largest absolute Gasteiger partial charge is 0.325 e. The number of anilines is 2. The normalized spacial score (nSPS) is 13.7. The van der Waals surface area contributed by atoms with Gasteiger partial charge >= 0.3 is 0 Å². The summed E-state index contributed by atoms with van der Waals surface area (Å²) in [4.78, 5) is 5.04. The molecule has 5 aromatic carbocycles. The van der Waals surface area contributed by atoms with Gasteiger partial charge in [0.25, 0.3) is 0 Å².